The average Bonchev–Trinajstić information content (AvgIpc) is 3.10. The second kappa shape index (κ2) is 9.90. The maximum Gasteiger partial charge on any atom is 0.469 e. The van der Waals surface area contributed by atoms with E-state index in [-0.39, 0.29) is 43.1 Å². The van der Waals surface area contributed by atoms with E-state index in [1.54, 1.807) is 38.4 Å². The van der Waals surface area contributed by atoms with Crippen LogP contribution in [0.15, 0.2) is 33.9 Å². The summed E-state index contributed by atoms with van der Waals surface area (Å²) in [6.45, 7) is -0.565. The molecular weight excluding hydrogens is 451 g/mol. The topological polar surface area (TPSA) is 138 Å². The third kappa shape index (κ3) is 5.43. The minimum atomic E-state index is -4.64. The van der Waals surface area contributed by atoms with Crippen LogP contribution in [0.25, 0.3) is 11.2 Å². The number of benzene rings is 1. The Morgan fingerprint density at radius 3 is 2.64 bits per heavy atom. The van der Waals surface area contributed by atoms with Crippen molar-refractivity contribution in [2.75, 3.05) is 13.7 Å². The molecule has 0 saturated heterocycles. The van der Waals surface area contributed by atoms with E-state index in [0.29, 0.717) is 11.3 Å². The van der Waals surface area contributed by atoms with E-state index >= 15 is 0 Å². The lowest BCUT2D eigenvalue weighted by atomic mass is 10.2. The number of terminal acetylenes is 1. The molecule has 172 valence electrons. The van der Waals surface area contributed by atoms with Crippen LogP contribution in [0.4, 0.5) is 0 Å². The molecule has 0 saturated carbocycles. The Hall–Kier alpha value is -3.60. The van der Waals surface area contributed by atoms with Crippen LogP contribution in [-0.2, 0) is 29.2 Å². The van der Waals surface area contributed by atoms with Gasteiger partial charge in [-0.2, -0.15) is 0 Å². The number of aryl methyl sites for hydroxylation is 2. The van der Waals surface area contributed by atoms with Gasteiger partial charge in [0.2, 0.25) is 0 Å². The smallest absolute Gasteiger partial charge is 0.469 e. The fourth-order valence-electron chi connectivity index (χ4n) is 3.14. The summed E-state index contributed by atoms with van der Waals surface area (Å²) in [6, 6.07) is 7.10. The van der Waals surface area contributed by atoms with E-state index in [9.17, 15) is 14.2 Å². The van der Waals surface area contributed by atoms with Crippen LogP contribution >= 0.6 is 7.82 Å². The van der Waals surface area contributed by atoms with E-state index in [4.69, 9.17) is 20.9 Å². The lowest BCUT2D eigenvalue weighted by Gasteiger charge is -2.10. The Balaban J connectivity index is 2.09. The number of hydrogen-bond donors (Lipinski definition) is 2. The van der Waals surface area contributed by atoms with Gasteiger partial charge in [0.05, 0.1) is 20.3 Å². The molecule has 2 N–H and O–H groups in total. The van der Waals surface area contributed by atoms with Crippen molar-refractivity contribution >= 4 is 19.0 Å². The molecule has 0 fully saturated rings. The molecule has 0 atom stereocenters. The molecule has 33 heavy (non-hydrogen) atoms. The summed E-state index contributed by atoms with van der Waals surface area (Å²) in [5, 5.41) is 0. The molecule has 0 aliphatic carbocycles. The predicted octanol–water partition coefficient (Wildman–Crippen LogP) is 0.438. The number of nitrogens with zero attached hydrogens (tertiary/aromatic N) is 4. The van der Waals surface area contributed by atoms with Gasteiger partial charge >= 0.3 is 13.5 Å². The summed E-state index contributed by atoms with van der Waals surface area (Å²) in [5.41, 5.74) is -0.423. The lowest BCUT2D eigenvalue weighted by molar-refractivity contribution is 0.192. The van der Waals surface area contributed by atoms with Gasteiger partial charge < -0.3 is 19.1 Å². The number of aromatic nitrogens is 4. The van der Waals surface area contributed by atoms with E-state index in [2.05, 4.69) is 27.3 Å². The van der Waals surface area contributed by atoms with Gasteiger partial charge in [0.1, 0.15) is 5.75 Å². The largest absolute Gasteiger partial charge is 0.497 e. The molecule has 1 aromatic carbocycles. The van der Waals surface area contributed by atoms with Crippen molar-refractivity contribution in [3.63, 3.8) is 0 Å². The molecule has 2 aromatic heterocycles. The summed E-state index contributed by atoms with van der Waals surface area (Å²) in [6.07, 6.45) is 5.40. The highest BCUT2D eigenvalue weighted by atomic mass is 31.2. The fraction of sp³-hybridized carbons (Fsp3) is 0.286. The number of methoxy groups -OCH3 is 1. The first-order chi connectivity index (χ1) is 15.7. The monoisotopic (exact) mass is 472 g/mol. The summed E-state index contributed by atoms with van der Waals surface area (Å²) >= 11 is 0. The molecule has 0 aliphatic rings. The highest BCUT2D eigenvalue weighted by Gasteiger charge is 2.20. The minimum absolute atomic E-state index is 0.0139. The van der Waals surface area contributed by atoms with Gasteiger partial charge in [-0.15, -0.1) is 6.42 Å². The predicted molar refractivity (Wildman–Crippen MR) is 120 cm³/mol. The van der Waals surface area contributed by atoms with Gasteiger partial charge in [-0.05, 0) is 30.5 Å². The number of fused-ring (bicyclic) bond motifs is 1. The quantitative estimate of drug-likeness (QED) is 0.287. The highest BCUT2D eigenvalue weighted by Crippen LogP contribution is 2.35. The van der Waals surface area contributed by atoms with Crippen molar-refractivity contribution in [1.29, 1.82) is 0 Å². The number of ether oxygens (including phenoxy) is 1. The van der Waals surface area contributed by atoms with Gasteiger partial charge in [-0.1, -0.05) is 17.9 Å². The average molecular weight is 472 g/mol. The molecular formula is C21H21N4O7P. The Kier molecular flexibility index (Phi) is 7.22. The third-order valence-corrected chi connectivity index (χ3v) is 5.18. The zero-order valence-electron chi connectivity index (χ0n) is 17.9. The molecule has 12 heteroatoms. The Bertz CT molecular complexity index is 1460. The number of phosphoric acid groups is 1. The lowest BCUT2D eigenvalue weighted by Crippen LogP contribution is -2.40. The van der Waals surface area contributed by atoms with Crippen molar-refractivity contribution < 1.29 is 23.6 Å². The van der Waals surface area contributed by atoms with Crippen LogP contribution in [0, 0.1) is 24.2 Å². The van der Waals surface area contributed by atoms with Crippen LogP contribution in [0.2, 0.25) is 0 Å². The highest BCUT2D eigenvalue weighted by molar-refractivity contribution is 7.46. The van der Waals surface area contributed by atoms with Crippen LogP contribution < -0.4 is 16.0 Å². The standard InChI is InChI=1S/C21H21N4O7P/c1-4-11-25-20(26)18-19(24(21(25)27)12-6-13-32-33(28,29)30)22-17(23(18)2)10-9-15-7-5-8-16(14-15)31-3/h1,5,7-8,14H,6,11-13H2,2-3H3,(H2,28,29,30). The number of imidazole rings is 1. The Morgan fingerprint density at radius 1 is 1.21 bits per heavy atom. The van der Waals surface area contributed by atoms with Gasteiger partial charge in [0, 0.05) is 19.2 Å². The zero-order valence-corrected chi connectivity index (χ0v) is 18.8. The van der Waals surface area contributed by atoms with Gasteiger partial charge in [0.25, 0.3) is 5.56 Å². The molecule has 0 unspecified atom stereocenters. The minimum Gasteiger partial charge on any atom is -0.497 e. The maximum absolute atomic E-state index is 12.9. The summed E-state index contributed by atoms with van der Waals surface area (Å²) in [5.74, 6) is 9.00. The number of phosphoric ester groups is 1. The zero-order chi connectivity index (χ0) is 24.2. The fourth-order valence-corrected chi connectivity index (χ4v) is 3.51. The number of rotatable bonds is 7. The van der Waals surface area contributed by atoms with Crippen molar-refractivity contribution in [1.82, 2.24) is 18.7 Å². The van der Waals surface area contributed by atoms with Crippen molar-refractivity contribution in [3.8, 4) is 29.9 Å². The first-order valence-corrected chi connectivity index (χ1v) is 11.2. The normalized spacial score (nSPS) is 11.1. The first kappa shape index (κ1) is 24.1. The Labute approximate surface area is 188 Å². The maximum atomic E-state index is 12.9. The molecule has 11 nitrogen and oxygen atoms in total. The molecule has 2 heterocycles. The summed E-state index contributed by atoms with van der Waals surface area (Å²) < 4.78 is 24.1. The molecule has 0 radical (unpaired) electrons. The van der Waals surface area contributed by atoms with Crippen LogP contribution in [0.5, 0.6) is 5.75 Å². The van der Waals surface area contributed by atoms with E-state index < -0.39 is 19.1 Å². The molecule has 0 amide bonds. The van der Waals surface area contributed by atoms with Crippen molar-refractivity contribution in [3.05, 3.63) is 56.5 Å². The third-order valence-electron chi connectivity index (χ3n) is 4.67. The second-order valence-corrected chi connectivity index (χ2v) is 8.09. The molecule has 3 aromatic rings. The van der Waals surface area contributed by atoms with Crippen molar-refractivity contribution in [2.24, 2.45) is 7.05 Å². The van der Waals surface area contributed by atoms with Crippen LogP contribution in [0.1, 0.15) is 17.8 Å². The number of hydrogen-bond acceptors (Lipinski definition) is 6. The van der Waals surface area contributed by atoms with Crippen LogP contribution in [-0.4, -0.2) is 42.2 Å². The molecule has 0 spiro atoms. The van der Waals surface area contributed by atoms with Gasteiger partial charge in [-0.25, -0.2) is 18.9 Å². The van der Waals surface area contributed by atoms with Gasteiger partial charge in [0.15, 0.2) is 17.0 Å². The second-order valence-electron chi connectivity index (χ2n) is 6.86. The summed E-state index contributed by atoms with van der Waals surface area (Å²) in [4.78, 5) is 47.9. The SMILES string of the molecule is C#CCn1c(=O)c2c(nc(C#Cc3cccc(OC)c3)n2C)n(CCCOP(=O)(O)O)c1=O. The van der Waals surface area contributed by atoms with E-state index in [0.717, 1.165) is 4.57 Å². The molecule has 0 bridgehead atoms. The van der Waals surface area contributed by atoms with E-state index in [1.165, 1.54) is 9.13 Å². The molecule has 0 aliphatic heterocycles. The Morgan fingerprint density at radius 2 is 1.97 bits per heavy atom. The van der Waals surface area contributed by atoms with Crippen LogP contribution in [0.3, 0.4) is 0 Å². The summed E-state index contributed by atoms with van der Waals surface area (Å²) in [7, 11) is -1.50. The van der Waals surface area contributed by atoms with Gasteiger partial charge in [-0.3, -0.25) is 13.9 Å². The molecule has 3 rings (SSSR count). The van der Waals surface area contributed by atoms with Crippen molar-refractivity contribution in [2.45, 2.75) is 19.5 Å². The first-order valence-electron chi connectivity index (χ1n) is 9.66. The van der Waals surface area contributed by atoms with E-state index in [1.807, 2.05) is 0 Å².